The van der Waals surface area contributed by atoms with Crippen molar-refractivity contribution < 1.29 is 13.3 Å². The van der Waals surface area contributed by atoms with Gasteiger partial charge in [-0.1, -0.05) is 15.9 Å². The number of hydrogen-bond donors (Lipinski definition) is 1. The Kier molecular flexibility index (Phi) is 4.45. The highest BCUT2D eigenvalue weighted by molar-refractivity contribution is 9.10. The quantitative estimate of drug-likeness (QED) is 0.641. The van der Waals surface area contributed by atoms with Crippen LogP contribution in [0, 0.1) is 10.1 Å². The molecule has 0 unspecified atom stereocenters. The molecular formula is C12H12BrN3O4S. The number of nitrogens with one attached hydrogen (secondary N) is 1. The number of aromatic nitrogens is 1. The summed E-state index contributed by atoms with van der Waals surface area (Å²) in [4.78, 5) is 9.88. The molecule has 0 bridgehead atoms. The molecule has 9 heteroatoms. The van der Waals surface area contributed by atoms with E-state index in [1.165, 1.54) is 12.1 Å². The first-order valence-electron chi connectivity index (χ1n) is 5.85. The van der Waals surface area contributed by atoms with E-state index in [1.807, 2.05) is 0 Å². The Hall–Kier alpha value is -1.71. The van der Waals surface area contributed by atoms with E-state index in [2.05, 4.69) is 20.7 Å². The van der Waals surface area contributed by atoms with Gasteiger partial charge >= 0.3 is 0 Å². The zero-order chi connectivity index (χ0) is 15.6. The number of nitro benzene ring substituents is 1. The van der Waals surface area contributed by atoms with Gasteiger partial charge in [-0.15, -0.1) is 0 Å². The summed E-state index contributed by atoms with van der Waals surface area (Å²) >= 11 is 3.12. The molecule has 1 aromatic carbocycles. The van der Waals surface area contributed by atoms with Crippen LogP contribution in [0.2, 0.25) is 0 Å². The maximum atomic E-state index is 12.3. The Morgan fingerprint density at radius 1 is 1.38 bits per heavy atom. The van der Waals surface area contributed by atoms with Gasteiger partial charge < -0.3 is 4.57 Å². The van der Waals surface area contributed by atoms with Gasteiger partial charge in [0.2, 0.25) is 10.0 Å². The van der Waals surface area contributed by atoms with E-state index in [-0.39, 0.29) is 11.4 Å². The molecule has 1 aromatic heterocycles. The van der Waals surface area contributed by atoms with Crippen molar-refractivity contribution in [2.45, 2.75) is 11.4 Å². The Bertz CT molecular complexity index is 786. The van der Waals surface area contributed by atoms with E-state index >= 15 is 0 Å². The summed E-state index contributed by atoms with van der Waals surface area (Å²) in [5.74, 6) is 0. The van der Waals surface area contributed by atoms with Crippen LogP contribution in [-0.2, 0) is 23.6 Å². The molecule has 7 nitrogen and oxygen atoms in total. The van der Waals surface area contributed by atoms with Gasteiger partial charge in [0.25, 0.3) is 5.69 Å². The van der Waals surface area contributed by atoms with E-state index in [1.54, 1.807) is 29.9 Å². The number of hydrogen-bond acceptors (Lipinski definition) is 4. The molecule has 2 rings (SSSR count). The lowest BCUT2D eigenvalue weighted by Gasteiger charge is -2.08. The van der Waals surface area contributed by atoms with Gasteiger partial charge in [0.15, 0.2) is 4.90 Å². The van der Waals surface area contributed by atoms with Gasteiger partial charge in [-0.05, 0) is 24.3 Å². The van der Waals surface area contributed by atoms with Crippen molar-refractivity contribution in [2.75, 3.05) is 0 Å². The summed E-state index contributed by atoms with van der Waals surface area (Å²) in [6, 6.07) is 7.34. The van der Waals surface area contributed by atoms with Gasteiger partial charge in [0.1, 0.15) is 0 Å². The van der Waals surface area contributed by atoms with Crippen molar-refractivity contribution in [2.24, 2.45) is 7.05 Å². The van der Waals surface area contributed by atoms with Crippen molar-refractivity contribution in [3.05, 3.63) is 56.8 Å². The molecule has 1 heterocycles. The predicted octanol–water partition coefficient (Wildman–Crippen LogP) is 2.17. The van der Waals surface area contributed by atoms with Crippen LogP contribution >= 0.6 is 15.9 Å². The molecule has 0 amide bonds. The third kappa shape index (κ3) is 3.49. The van der Waals surface area contributed by atoms with Gasteiger partial charge in [-0.25, -0.2) is 13.1 Å². The largest absolute Gasteiger partial charge is 0.353 e. The van der Waals surface area contributed by atoms with Gasteiger partial charge in [0.05, 0.1) is 11.5 Å². The molecule has 0 saturated carbocycles. The molecule has 0 aliphatic carbocycles. The lowest BCUT2D eigenvalue weighted by Crippen LogP contribution is -2.25. The van der Waals surface area contributed by atoms with Crippen LogP contribution < -0.4 is 4.72 Å². The average molecular weight is 374 g/mol. The number of halogens is 1. The van der Waals surface area contributed by atoms with Crippen molar-refractivity contribution in [3.8, 4) is 0 Å². The first kappa shape index (κ1) is 15.7. The van der Waals surface area contributed by atoms with Crippen LogP contribution in [0.3, 0.4) is 0 Å². The van der Waals surface area contributed by atoms with Crippen LogP contribution in [0.1, 0.15) is 5.69 Å². The minimum atomic E-state index is -3.99. The maximum absolute atomic E-state index is 12.3. The van der Waals surface area contributed by atoms with Crippen molar-refractivity contribution in [1.29, 1.82) is 0 Å². The van der Waals surface area contributed by atoms with E-state index in [0.717, 1.165) is 11.8 Å². The highest BCUT2D eigenvalue weighted by atomic mass is 79.9. The minimum Gasteiger partial charge on any atom is -0.353 e. The normalized spacial score (nSPS) is 11.5. The standard InChI is InChI=1S/C12H12BrN3O4S/c1-15-6-2-3-10(15)8-14-21(19,20)12-7-9(13)4-5-11(12)16(17)18/h2-7,14H,8H2,1H3. The molecular weight excluding hydrogens is 362 g/mol. The smallest absolute Gasteiger partial charge is 0.289 e. The monoisotopic (exact) mass is 373 g/mol. The maximum Gasteiger partial charge on any atom is 0.289 e. The number of nitrogens with zero attached hydrogens (tertiary/aromatic N) is 2. The van der Waals surface area contributed by atoms with Crippen LogP contribution in [0.4, 0.5) is 5.69 Å². The number of rotatable bonds is 5. The summed E-state index contributed by atoms with van der Waals surface area (Å²) < 4.78 is 29.1. The number of sulfonamides is 1. The van der Waals surface area contributed by atoms with E-state index in [0.29, 0.717) is 4.47 Å². The predicted molar refractivity (Wildman–Crippen MR) is 80.2 cm³/mol. The third-order valence-electron chi connectivity index (χ3n) is 2.90. The summed E-state index contributed by atoms with van der Waals surface area (Å²) in [5, 5.41) is 11.0. The highest BCUT2D eigenvalue weighted by Gasteiger charge is 2.25. The van der Waals surface area contributed by atoms with E-state index in [4.69, 9.17) is 0 Å². The van der Waals surface area contributed by atoms with Crippen molar-refractivity contribution in [3.63, 3.8) is 0 Å². The Morgan fingerprint density at radius 3 is 2.67 bits per heavy atom. The lowest BCUT2D eigenvalue weighted by molar-refractivity contribution is -0.387. The molecule has 0 spiro atoms. The number of nitro groups is 1. The molecule has 0 aliphatic rings. The number of benzene rings is 1. The fourth-order valence-corrected chi connectivity index (χ4v) is 3.49. The van der Waals surface area contributed by atoms with E-state index in [9.17, 15) is 18.5 Å². The highest BCUT2D eigenvalue weighted by Crippen LogP contribution is 2.27. The fraction of sp³-hybridized carbons (Fsp3) is 0.167. The summed E-state index contributed by atoms with van der Waals surface area (Å²) in [6.45, 7) is 0.0511. The average Bonchev–Trinajstić information content (AvgIpc) is 2.81. The van der Waals surface area contributed by atoms with Crippen LogP contribution in [0.5, 0.6) is 0 Å². The lowest BCUT2D eigenvalue weighted by atomic mass is 10.3. The molecule has 0 fully saturated rings. The summed E-state index contributed by atoms with van der Waals surface area (Å²) in [5.41, 5.74) is 0.286. The Balaban J connectivity index is 2.33. The van der Waals surface area contributed by atoms with Crippen molar-refractivity contribution >= 4 is 31.6 Å². The molecule has 112 valence electrons. The van der Waals surface area contributed by atoms with Crippen LogP contribution in [-0.4, -0.2) is 17.9 Å². The topological polar surface area (TPSA) is 94.2 Å². The van der Waals surface area contributed by atoms with Gasteiger partial charge in [-0.3, -0.25) is 10.1 Å². The molecule has 1 N–H and O–H groups in total. The summed E-state index contributed by atoms with van der Waals surface area (Å²) in [6.07, 6.45) is 1.78. The molecule has 0 saturated heterocycles. The summed E-state index contributed by atoms with van der Waals surface area (Å²) in [7, 11) is -2.20. The molecule has 2 aromatic rings. The SMILES string of the molecule is Cn1cccc1CNS(=O)(=O)c1cc(Br)ccc1[N+](=O)[O-]. The number of aryl methyl sites for hydroxylation is 1. The van der Waals surface area contributed by atoms with Gasteiger partial charge in [-0.2, -0.15) is 0 Å². The first-order valence-corrected chi connectivity index (χ1v) is 8.12. The Labute approximate surface area is 129 Å². The van der Waals surface area contributed by atoms with Crippen molar-refractivity contribution in [1.82, 2.24) is 9.29 Å². The van der Waals surface area contributed by atoms with Gasteiger partial charge in [0, 0.05) is 29.5 Å². The molecule has 0 aliphatic heterocycles. The second-order valence-corrected chi connectivity index (χ2v) is 6.96. The zero-order valence-corrected chi connectivity index (χ0v) is 13.4. The molecule has 0 atom stereocenters. The first-order chi connectivity index (χ1) is 9.81. The second-order valence-electron chi connectivity index (χ2n) is 4.30. The molecule has 21 heavy (non-hydrogen) atoms. The third-order valence-corrected chi connectivity index (χ3v) is 4.83. The fourth-order valence-electron chi connectivity index (χ4n) is 1.78. The van der Waals surface area contributed by atoms with Crippen LogP contribution in [0.15, 0.2) is 45.9 Å². The minimum absolute atomic E-state index is 0.0511. The Morgan fingerprint density at radius 2 is 2.10 bits per heavy atom. The van der Waals surface area contributed by atoms with Crippen LogP contribution in [0.25, 0.3) is 0 Å². The second kappa shape index (κ2) is 5.96. The molecule has 0 radical (unpaired) electrons. The zero-order valence-electron chi connectivity index (χ0n) is 11.0. The van der Waals surface area contributed by atoms with E-state index < -0.39 is 20.6 Å².